The number of nitrogen functional groups attached to an aromatic ring is 1. The maximum atomic E-state index is 5.97. The number of nitrogens with one attached hydrogen (secondary N) is 2. The number of H-pyrrole nitrogens is 1. The van der Waals surface area contributed by atoms with Gasteiger partial charge in [-0.05, 0) is 5.92 Å². The second-order valence-corrected chi connectivity index (χ2v) is 5.53. The molecular weight excluding hydrogens is 282 g/mol. The summed E-state index contributed by atoms with van der Waals surface area (Å²) >= 11 is 0. The third-order valence-corrected chi connectivity index (χ3v) is 3.45. The Labute approximate surface area is 127 Å². The summed E-state index contributed by atoms with van der Waals surface area (Å²) in [6, 6.07) is -0.0552. The lowest BCUT2D eigenvalue weighted by atomic mass is 10.0. The summed E-state index contributed by atoms with van der Waals surface area (Å²) in [5.41, 5.74) is 8.06. The van der Waals surface area contributed by atoms with E-state index >= 15 is 0 Å². The number of nitrogens with zero attached hydrogens (tertiary/aromatic N) is 4. The van der Waals surface area contributed by atoms with E-state index in [2.05, 4.69) is 44.1 Å². The average Bonchev–Trinajstić information content (AvgIpc) is 3.08. The first-order valence-electron chi connectivity index (χ1n) is 7.15. The molecule has 116 valence electrons. The van der Waals surface area contributed by atoms with Gasteiger partial charge < -0.3 is 20.5 Å². The molecule has 0 aromatic carbocycles. The Hall–Kier alpha value is -2.48. The Morgan fingerprint density at radius 1 is 1.32 bits per heavy atom. The van der Waals surface area contributed by atoms with Crippen molar-refractivity contribution in [3.63, 3.8) is 0 Å². The first kappa shape index (κ1) is 14.5. The van der Waals surface area contributed by atoms with Crippen LogP contribution in [0, 0.1) is 12.8 Å². The molecule has 0 radical (unpaired) electrons. The van der Waals surface area contributed by atoms with Gasteiger partial charge in [0.05, 0.1) is 18.1 Å². The van der Waals surface area contributed by atoms with E-state index in [9.17, 15) is 0 Å². The molecule has 3 aromatic heterocycles. The summed E-state index contributed by atoms with van der Waals surface area (Å²) in [5, 5.41) is 3.41. The number of oxazole rings is 1. The highest BCUT2D eigenvalue weighted by Crippen LogP contribution is 2.22. The van der Waals surface area contributed by atoms with E-state index in [1.165, 1.54) is 0 Å². The van der Waals surface area contributed by atoms with Crippen LogP contribution in [0.5, 0.6) is 0 Å². The van der Waals surface area contributed by atoms with Crippen LogP contribution in [0.1, 0.15) is 37.3 Å². The summed E-state index contributed by atoms with van der Waals surface area (Å²) in [5.74, 6) is 1.97. The van der Waals surface area contributed by atoms with Crippen molar-refractivity contribution in [2.75, 3.05) is 5.73 Å². The predicted octanol–water partition coefficient (Wildman–Crippen LogP) is 1.72. The minimum Gasteiger partial charge on any atom is -0.449 e. The van der Waals surface area contributed by atoms with Crippen LogP contribution >= 0.6 is 0 Å². The fourth-order valence-electron chi connectivity index (χ4n) is 2.34. The van der Waals surface area contributed by atoms with Crippen LogP contribution < -0.4 is 11.1 Å². The highest BCUT2D eigenvalue weighted by Gasteiger charge is 2.21. The van der Waals surface area contributed by atoms with E-state index in [4.69, 9.17) is 10.2 Å². The van der Waals surface area contributed by atoms with Gasteiger partial charge in [-0.2, -0.15) is 0 Å². The van der Waals surface area contributed by atoms with Gasteiger partial charge in [0.2, 0.25) is 0 Å². The number of hydrogen-bond acceptors (Lipinski definition) is 7. The van der Waals surface area contributed by atoms with Gasteiger partial charge in [-0.3, -0.25) is 0 Å². The normalized spacial score (nSPS) is 13.1. The van der Waals surface area contributed by atoms with Crippen LogP contribution in [-0.2, 0) is 6.54 Å². The van der Waals surface area contributed by atoms with E-state index < -0.39 is 0 Å². The molecule has 0 bridgehead atoms. The third kappa shape index (κ3) is 2.77. The molecule has 3 heterocycles. The molecule has 0 saturated heterocycles. The topological polar surface area (TPSA) is 119 Å². The Morgan fingerprint density at radius 2 is 2.14 bits per heavy atom. The van der Waals surface area contributed by atoms with Crippen molar-refractivity contribution in [3.8, 4) is 0 Å². The first-order valence-corrected chi connectivity index (χ1v) is 7.15. The molecule has 3 rings (SSSR count). The number of hydrogen-bond donors (Lipinski definition) is 3. The van der Waals surface area contributed by atoms with E-state index in [1.807, 2.05) is 6.92 Å². The first-order chi connectivity index (χ1) is 10.5. The van der Waals surface area contributed by atoms with Crippen LogP contribution in [0.3, 0.4) is 0 Å². The fraction of sp³-hybridized carbons (Fsp3) is 0.429. The number of anilines is 1. The minimum absolute atomic E-state index is 0.0552. The number of nitrogens with two attached hydrogens (primary N) is 1. The van der Waals surface area contributed by atoms with Crippen LogP contribution in [0.2, 0.25) is 0 Å². The molecule has 0 amide bonds. The Balaban J connectivity index is 1.85. The summed E-state index contributed by atoms with van der Waals surface area (Å²) in [6.45, 7) is 6.58. The van der Waals surface area contributed by atoms with Gasteiger partial charge in [-0.15, -0.1) is 0 Å². The van der Waals surface area contributed by atoms with Crippen molar-refractivity contribution in [3.05, 3.63) is 30.0 Å². The quantitative estimate of drug-likeness (QED) is 0.656. The molecule has 8 heteroatoms. The smallest absolute Gasteiger partial charge is 0.191 e. The SMILES string of the molecule is Cc1nc(CNC(c2nc(N)c3[nH]cnc3n2)C(C)C)co1. The zero-order chi connectivity index (χ0) is 15.7. The summed E-state index contributed by atoms with van der Waals surface area (Å²) < 4.78 is 5.21. The van der Waals surface area contributed by atoms with Crippen LogP contribution in [-0.4, -0.2) is 24.9 Å². The van der Waals surface area contributed by atoms with Gasteiger partial charge in [0.15, 0.2) is 23.2 Å². The zero-order valence-corrected chi connectivity index (χ0v) is 12.8. The monoisotopic (exact) mass is 301 g/mol. The Kier molecular flexibility index (Phi) is 3.76. The number of aryl methyl sites for hydroxylation is 1. The molecular formula is C14H19N7O. The summed E-state index contributed by atoms with van der Waals surface area (Å²) in [7, 11) is 0. The Morgan fingerprint density at radius 3 is 2.82 bits per heavy atom. The average molecular weight is 301 g/mol. The molecule has 8 nitrogen and oxygen atoms in total. The van der Waals surface area contributed by atoms with E-state index in [-0.39, 0.29) is 12.0 Å². The van der Waals surface area contributed by atoms with Crippen molar-refractivity contribution in [2.24, 2.45) is 5.92 Å². The molecule has 0 saturated carbocycles. The lowest BCUT2D eigenvalue weighted by Crippen LogP contribution is -2.27. The van der Waals surface area contributed by atoms with E-state index in [0.29, 0.717) is 35.2 Å². The van der Waals surface area contributed by atoms with Crippen LogP contribution in [0.4, 0.5) is 5.82 Å². The minimum atomic E-state index is -0.0552. The maximum absolute atomic E-state index is 5.97. The van der Waals surface area contributed by atoms with Crippen LogP contribution in [0.25, 0.3) is 11.2 Å². The van der Waals surface area contributed by atoms with E-state index in [1.54, 1.807) is 12.6 Å². The van der Waals surface area contributed by atoms with Gasteiger partial charge >= 0.3 is 0 Å². The molecule has 0 aliphatic heterocycles. The molecule has 1 atom stereocenters. The fourth-order valence-corrected chi connectivity index (χ4v) is 2.34. The zero-order valence-electron chi connectivity index (χ0n) is 12.8. The summed E-state index contributed by atoms with van der Waals surface area (Å²) in [6.07, 6.45) is 3.21. The van der Waals surface area contributed by atoms with Gasteiger partial charge in [0.1, 0.15) is 11.8 Å². The van der Waals surface area contributed by atoms with Crippen molar-refractivity contribution in [1.29, 1.82) is 0 Å². The number of imidazole rings is 1. The standard InChI is InChI=1S/C14H19N7O/c1-7(2)10(16-4-9-5-22-8(3)19-9)14-20-12(15)11-13(21-14)18-6-17-11/h5-7,10,16H,4H2,1-3H3,(H3,15,17,18,20,21). The maximum Gasteiger partial charge on any atom is 0.191 e. The lowest BCUT2D eigenvalue weighted by molar-refractivity contribution is 0.391. The molecule has 1 unspecified atom stereocenters. The second-order valence-electron chi connectivity index (χ2n) is 5.53. The molecule has 0 fully saturated rings. The second kappa shape index (κ2) is 5.72. The van der Waals surface area contributed by atoms with Crippen molar-refractivity contribution in [2.45, 2.75) is 33.4 Å². The Bertz CT molecular complexity index is 776. The van der Waals surface area contributed by atoms with Gasteiger partial charge in [-0.25, -0.2) is 19.9 Å². The van der Waals surface area contributed by atoms with Crippen molar-refractivity contribution < 1.29 is 4.42 Å². The molecule has 0 aliphatic rings. The number of fused-ring (bicyclic) bond motifs is 1. The van der Waals surface area contributed by atoms with Gasteiger partial charge in [-0.1, -0.05) is 13.8 Å². The number of rotatable bonds is 5. The summed E-state index contributed by atoms with van der Waals surface area (Å²) in [4.78, 5) is 20.3. The highest BCUT2D eigenvalue weighted by molar-refractivity contribution is 5.80. The van der Waals surface area contributed by atoms with Crippen LogP contribution in [0.15, 0.2) is 17.0 Å². The third-order valence-electron chi connectivity index (χ3n) is 3.45. The van der Waals surface area contributed by atoms with E-state index in [0.717, 1.165) is 5.69 Å². The molecule has 22 heavy (non-hydrogen) atoms. The molecule has 3 aromatic rings. The lowest BCUT2D eigenvalue weighted by Gasteiger charge is -2.20. The van der Waals surface area contributed by atoms with Gasteiger partial charge in [0, 0.05) is 13.5 Å². The largest absolute Gasteiger partial charge is 0.449 e. The molecule has 0 aliphatic carbocycles. The number of aromatic nitrogens is 5. The predicted molar refractivity (Wildman–Crippen MR) is 81.8 cm³/mol. The highest BCUT2D eigenvalue weighted by atomic mass is 16.3. The van der Waals surface area contributed by atoms with Crippen molar-refractivity contribution >= 4 is 17.0 Å². The number of aromatic amines is 1. The van der Waals surface area contributed by atoms with Gasteiger partial charge in [0.25, 0.3) is 0 Å². The molecule has 0 spiro atoms. The molecule has 4 N–H and O–H groups in total. The van der Waals surface area contributed by atoms with Crippen molar-refractivity contribution in [1.82, 2.24) is 30.2 Å².